The van der Waals surface area contributed by atoms with Crippen molar-refractivity contribution in [3.05, 3.63) is 65.7 Å². The third kappa shape index (κ3) is 3.67. The molecule has 0 N–H and O–H groups in total. The van der Waals surface area contributed by atoms with Crippen LogP contribution in [0, 0.1) is 0 Å². The number of hydrogen-bond acceptors (Lipinski definition) is 7. The van der Waals surface area contributed by atoms with Crippen molar-refractivity contribution in [2.24, 2.45) is 0 Å². The summed E-state index contributed by atoms with van der Waals surface area (Å²) in [6, 6.07) is 18.2. The van der Waals surface area contributed by atoms with Crippen molar-refractivity contribution in [3.63, 3.8) is 0 Å². The lowest BCUT2D eigenvalue weighted by atomic mass is 9.76. The Morgan fingerprint density at radius 1 is 0.879 bits per heavy atom. The molecular weight excluding hydrogens is 424 g/mol. The molecule has 6 rings (SSSR count). The van der Waals surface area contributed by atoms with Crippen LogP contribution in [0.1, 0.15) is 31.4 Å². The largest absolute Gasteiger partial charge is 0.497 e. The third-order valence-corrected chi connectivity index (χ3v) is 7.06. The Labute approximate surface area is 193 Å². The summed E-state index contributed by atoms with van der Waals surface area (Å²) in [7, 11) is 1.67. The van der Waals surface area contributed by atoms with Gasteiger partial charge in [0.1, 0.15) is 29.2 Å². The lowest BCUT2D eigenvalue weighted by molar-refractivity contribution is -0.303. The summed E-state index contributed by atoms with van der Waals surface area (Å²) in [6.07, 6.45) is -0.582. The molecule has 33 heavy (non-hydrogen) atoms. The minimum Gasteiger partial charge on any atom is -0.497 e. The van der Waals surface area contributed by atoms with Gasteiger partial charge in [0.15, 0.2) is 18.4 Å². The Morgan fingerprint density at radius 3 is 2.42 bits per heavy atom. The molecule has 4 fully saturated rings. The van der Waals surface area contributed by atoms with Gasteiger partial charge in [0.2, 0.25) is 0 Å². The molecule has 176 valence electrons. The van der Waals surface area contributed by atoms with E-state index in [4.69, 9.17) is 33.2 Å². The summed E-state index contributed by atoms with van der Waals surface area (Å²) in [6.45, 7) is 4.74. The molecule has 0 aromatic heterocycles. The molecule has 7 heteroatoms. The predicted octanol–water partition coefficient (Wildman–Crippen LogP) is 3.59. The van der Waals surface area contributed by atoms with Crippen LogP contribution in [0.5, 0.6) is 5.75 Å². The zero-order valence-electron chi connectivity index (χ0n) is 19.2. The fourth-order valence-corrected chi connectivity index (χ4v) is 5.65. The van der Waals surface area contributed by atoms with Gasteiger partial charge in [-0.2, -0.15) is 0 Å². The molecule has 0 unspecified atom stereocenters. The topological polar surface area (TPSA) is 64.6 Å². The van der Waals surface area contributed by atoms with E-state index in [0.29, 0.717) is 26.1 Å². The molecule has 0 spiro atoms. The van der Waals surface area contributed by atoms with Crippen molar-refractivity contribution in [2.45, 2.75) is 75.1 Å². The molecule has 4 aliphatic rings. The van der Waals surface area contributed by atoms with Crippen LogP contribution >= 0.6 is 0 Å². The van der Waals surface area contributed by atoms with Crippen molar-refractivity contribution >= 4 is 0 Å². The van der Waals surface area contributed by atoms with E-state index in [0.717, 1.165) is 16.9 Å². The van der Waals surface area contributed by atoms with Crippen LogP contribution in [0.4, 0.5) is 0 Å². The molecule has 7 nitrogen and oxygen atoms in total. The Hall–Kier alpha value is -2.00. The summed E-state index contributed by atoms with van der Waals surface area (Å²) >= 11 is 0. The fraction of sp³-hybridized carbons (Fsp3) is 0.538. The highest BCUT2D eigenvalue weighted by Crippen LogP contribution is 2.56. The molecule has 0 saturated carbocycles. The van der Waals surface area contributed by atoms with Crippen LogP contribution in [0.15, 0.2) is 54.6 Å². The van der Waals surface area contributed by atoms with Gasteiger partial charge < -0.3 is 33.2 Å². The number of methoxy groups -OCH3 is 1. The van der Waals surface area contributed by atoms with Gasteiger partial charge >= 0.3 is 0 Å². The molecule has 2 aromatic carbocycles. The van der Waals surface area contributed by atoms with Crippen LogP contribution in [-0.2, 0) is 41.4 Å². The first-order valence-corrected chi connectivity index (χ1v) is 11.5. The van der Waals surface area contributed by atoms with Gasteiger partial charge in [0.25, 0.3) is 0 Å². The van der Waals surface area contributed by atoms with Crippen LogP contribution in [0.25, 0.3) is 0 Å². The minimum absolute atomic E-state index is 0.371. The van der Waals surface area contributed by atoms with Crippen LogP contribution < -0.4 is 4.74 Å². The van der Waals surface area contributed by atoms with Crippen molar-refractivity contribution in [1.29, 1.82) is 0 Å². The van der Waals surface area contributed by atoms with Crippen molar-refractivity contribution in [1.82, 2.24) is 0 Å². The molecule has 2 aromatic rings. The lowest BCUT2D eigenvalue weighted by Crippen LogP contribution is -2.62. The van der Waals surface area contributed by atoms with E-state index in [1.54, 1.807) is 7.11 Å². The average Bonchev–Trinajstić information content (AvgIpc) is 3.42. The summed E-state index contributed by atoms with van der Waals surface area (Å²) < 4.78 is 43.5. The summed E-state index contributed by atoms with van der Waals surface area (Å²) in [4.78, 5) is 0. The maximum absolute atomic E-state index is 6.76. The van der Waals surface area contributed by atoms with E-state index in [9.17, 15) is 0 Å². The molecule has 4 aliphatic heterocycles. The van der Waals surface area contributed by atoms with Crippen LogP contribution in [-0.4, -0.2) is 55.5 Å². The van der Waals surface area contributed by atoms with Gasteiger partial charge in [-0.05, 0) is 37.1 Å². The highest BCUT2D eigenvalue weighted by molar-refractivity contribution is 5.29. The number of fused-ring (bicyclic) bond motifs is 6. The number of ether oxygens (including phenoxy) is 7. The maximum Gasteiger partial charge on any atom is 0.190 e. The molecular formula is C26H30O7. The molecule has 0 aliphatic carbocycles. The molecule has 2 bridgehead atoms. The Bertz CT molecular complexity index is 993. The third-order valence-electron chi connectivity index (χ3n) is 7.06. The molecule has 6 atom stereocenters. The lowest BCUT2D eigenvalue weighted by Gasteiger charge is -2.47. The highest BCUT2D eigenvalue weighted by atomic mass is 16.9. The predicted molar refractivity (Wildman–Crippen MR) is 118 cm³/mol. The molecule has 4 heterocycles. The first-order valence-electron chi connectivity index (χ1n) is 11.5. The first-order chi connectivity index (χ1) is 15.9. The van der Waals surface area contributed by atoms with E-state index in [-0.39, 0.29) is 6.10 Å². The zero-order chi connectivity index (χ0) is 22.7. The van der Waals surface area contributed by atoms with Gasteiger partial charge in [-0.1, -0.05) is 42.5 Å². The van der Waals surface area contributed by atoms with Crippen molar-refractivity contribution in [2.75, 3.05) is 13.7 Å². The molecule has 0 radical (unpaired) electrons. The van der Waals surface area contributed by atoms with E-state index in [1.165, 1.54) is 0 Å². The van der Waals surface area contributed by atoms with Crippen LogP contribution in [0.2, 0.25) is 0 Å². The molecule has 4 saturated heterocycles. The fourth-order valence-electron chi connectivity index (χ4n) is 5.65. The van der Waals surface area contributed by atoms with Gasteiger partial charge in [-0.25, -0.2) is 0 Å². The summed E-state index contributed by atoms with van der Waals surface area (Å²) in [5, 5.41) is 0. The Balaban J connectivity index is 1.33. The first kappa shape index (κ1) is 21.5. The number of benzene rings is 2. The van der Waals surface area contributed by atoms with E-state index in [2.05, 4.69) is 24.3 Å². The van der Waals surface area contributed by atoms with Crippen LogP contribution in [0.3, 0.4) is 0 Å². The highest BCUT2D eigenvalue weighted by Gasteiger charge is 2.73. The Morgan fingerprint density at radius 2 is 1.67 bits per heavy atom. The number of rotatable bonds is 6. The molecule has 0 amide bonds. The van der Waals surface area contributed by atoms with E-state index in [1.807, 2.05) is 44.2 Å². The van der Waals surface area contributed by atoms with Crippen molar-refractivity contribution in [3.8, 4) is 5.75 Å². The van der Waals surface area contributed by atoms with Gasteiger partial charge in [-0.3, -0.25) is 0 Å². The summed E-state index contributed by atoms with van der Waals surface area (Å²) in [5.41, 5.74) is 0.952. The second-order valence-corrected chi connectivity index (χ2v) is 9.89. The smallest absolute Gasteiger partial charge is 0.190 e. The van der Waals surface area contributed by atoms with Gasteiger partial charge in [-0.15, -0.1) is 0 Å². The van der Waals surface area contributed by atoms with E-state index < -0.39 is 35.7 Å². The van der Waals surface area contributed by atoms with E-state index >= 15 is 0 Å². The number of hydrogen-bond donors (Lipinski definition) is 0. The zero-order valence-corrected chi connectivity index (χ0v) is 19.2. The SMILES string of the molecule is COc1ccc(C[C@@]23CO[C@@H](O2)[C@H]2O[C@@H]4OC(C)(C)O[C@@H]4[C@@]2(OCc2ccccc2)C3)cc1. The second-order valence-electron chi connectivity index (χ2n) is 9.89. The maximum atomic E-state index is 6.76. The van der Waals surface area contributed by atoms with Gasteiger partial charge in [0, 0.05) is 12.8 Å². The van der Waals surface area contributed by atoms with Crippen molar-refractivity contribution < 1.29 is 33.2 Å². The monoisotopic (exact) mass is 454 g/mol. The quantitative estimate of drug-likeness (QED) is 0.661. The van der Waals surface area contributed by atoms with Gasteiger partial charge in [0.05, 0.1) is 20.3 Å². The standard InChI is InChI=1S/C26H30O7/c1-24(2)31-21-23(32-24)30-20-22-28-16-25(33-22,13-17-9-11-19(27-3)12-10-17)15-26(20,21)29-14-18-7-5-4-6-8-18/h4-12,20-23H,13-16H2,1-3H3/t20-,21+,22+,23-,25-,26-/m1/s1. The minimum atomic E-state index is -0.750. The second kappa shape index (κ2) is 7.77. The Kier molecular flexibility index (Phi) is 5.07. The average molecular weight is 455 g/mol. The normalized spacial score (nSPS) is 38.2. The summed E-state index contributed by atoms with van der Waals surface area (Å²) in [5.74, 6) is 0.0833.